The van der Waals surface area contributed by atoms with Crippen molar-refractivity contribution in [3.05, 3.63) is 29.8 Å². The van der Waals surface area contributed by atoms with E-state index in [4.69, 9.17) is 11.6 Å². The monoisotopic (exact) mass is 222 g/mol. The van der Waals surface area contributed by atoms with E-state index in [1.54, 1.807) is 12.1 Å². The Bertz CT molecular complexity index is 294. The molecule has 1 atom stereocenters. The van der Waals surface area contributed by atoms with Crippen LogP contribution in [0.1, 0.15) is 11.7 Å². The second kappa shape index (κ2) is 5.12. The number of hydrogen-bond donors (Lipinski definition) is 1. The van der Waals surface area contributed by atoms with Crippen LogP contribution in [0.2, 0.25) is 0 Å². The van der Waals surface area contributed by atoms with Crippen LogP contribution in [0.25, 0.3) is 0 Å². The normalized spacial score (nSPS) is 12.9. The first-order chi connectivity index (χ1) is 6.65. The van der Waals surface area contributed by atoms with E-state index in [0.29, 0.717) is 0 Å². The number of halogens is 3. The average Bonchev–Trinajstić information content (AvgIpc) is 2.16. The number of benzene rings is 1. The molecule has 14 heavy (non-hydrogen) atoms. The molecule has 1 aromatic rings. The Morgan fingerprint density at radius 2 is 2.00 bits per heavy atom. The molecule has 0 fully saturated rings. The molecule has 0 saturated heterocycles. The Morgan fingerprint density at radius 1 is 1.36 bits per heavy atom. The summed E-state index contributed by atoms with van der Waals surface area (Å²) in [6.45, 7) is -2.90. The first-order valence-electron chi connectivity index (χ1n) is 3.93. The smallest absolute Gasteiger partial charge is 0.387 e. The van der Waals surface area contributed by atoms with Crippen LogP contribution in [0, 0.1) is 0 Å². The highest BCUT2D eigenvalue weighted by molar-refractivity contribution is 6.18. The van der Waals surface area contributed by atoms with Crippen LogP contribution in [0.3, 0.4) is 0 Å². The molecule has 0 aromatic heterocycles. The average molecular weight is 223 g/mol. The van der Waals surface area contributed by atoms with E-state index in [2.05, 4.69) is 4.74 Å². The highest BCUT2D eigenvalue weighted by Crippen LogP contribution is 2.26. The van der Waals surface area contributed by atoms with Gasteiger partial charge in [0, 0.05) is 5.56 Å². The van der Waals surface area contributed by atoms with Crippen LogP contribution in [-0.2, 0) is 0 Å². The first kappa shape index (κ1) is 11.2. The zero-order valence-electron chi connectivity index (χ0n) is 7.16. The van der Waals surface area contributed by atoms with Crippen molar-refractivity contribution in [2.75, 3.05) is 5.88 Å². The predicted molar refractivity (Wildman–Crippen MR) is 48.8 cm³/mol. The minimum atomic E-state index is -2.90. The molecule has 1 N–H and O–H groups in total. The van der Waals surface area contributed by atoms with Gasteiger partial charge in [-0.2, -0.15) is 8.78 Å². The zero-order chi connectivity index (χ0) is 10.6. The number of aliphatic hydroxyl groups excluding tert-OH is 1. The molecular weight excluding hydrogens is 214 g/mol. The number of aliphatic hydroxyl groups is 1. The Labute approximate surface area is 85.1 Å². The van der Waals surface area contributed by atoms with Crippen LogP contribution >= 0.6 is 11.6 Å². The third-order valence-corrected chi connectivity index (χ3v) is 1.93. The molecule has 0 saturated carbocycles. The highest BCUT2D eigenvalue weighted by atomic mass is 35.5. The number of rotatable bonds is 4. The third-order valence-electron chi connectivity index (χ3n) is 1.64. The van der Waals surface area contributed by atoms with Gasteiger partial charge in [-0.25, -0.2) is 0 Å². The minimum absolute atomic E-state index is 0.0457. The molecule has 0 aliphatic carbocycles. The number of para-hydroxylation sites is 1. The lowest BCUT2D eigenvalue weighted by molar-refractivity contribution is -0.0513. The topological polar surface area (TPSA) is 29.5 Å². The molecule has 0 amide bonds. The summed E-state index contributed by atoms with van der Waals surface area (Å²) in [5, 5.41) is 9.37. The largest absolute Gasteiger partial charge is 0.434 e. The summed E-state index contributed by atoms with van der Waals surface area (Å²) < 4.78 is 28.1. The van der Waals surface area contributed by atoms with Gasteiger partial charge in [-0.15, -0.1) is 11.6 Å². The Balaban J connectivity index is 2.91. The minimum Gasteiger partial charge on any atom is -0.434 e. The standard InChI is InChI=1S/C9H9ClF2O2/c10-5-7(13)6-3-1-2-4-8(6)14-9(11)12/h1-4,7,9,13H,5H2. The fourth-order valence-corrected chi connectivity index (χ4v) is 1.21. The lowest BCUT2D eigenvalue weighted by atomic mass is 10.1. The van der Waals surface area contributed by atoms with Gasteiger partial charge >= 0.3 is 6.61 Å². The predicted octanol–water partition coefficient (Wildman–Crippen LogP) is 2.56. The lowest BCUT2D eigenvalue weighted by Gasteiger charge is -2.13. The van der Waals surface area contributed by atoms with Gasteiger partial charge in [-0.1, -0.05) is 18.2 Å². The number of ether oxygens (including phenoxy) is 1. The molecular formula is C9H9ClF2O2. The van der Waals surface area contributed by atoms with Crippen molar-refractivity contribution in [3.63, 3.8) is 0 Å². The van der Waals surface area contributed by atoms with Crippen LogP contribution in [-0.4, -0.2) is 17.6 Å². The summed E-state index contributed by atoms with van der Waals surface area (Å²) in [5.74, 6) is -0.112. The van der Waals surface area contributed by atoms with Crippen LogP contribution in [0.5, 0.6) is 5.75 Å². The van der Waals surface area contributed by atoms with E-state index < -0.39 is 12.7 Å². The lowest BCUT2D eigenvalue weighted by Crippen LogP contribution is -2.07. The van der Waals surface area contributed by atoms with Gasteiger partial charge in [-0.05, 0) is 6.07 Å². The van der Waals surface area contributed by atoms with Crippen LogP contribution in [0.15, 0.2) is 24.3 Å². The van der Waals surface area contributed by atoms with Crippen LogP contribution < -0.4 is 4.74 Å². The van der Waals surface area contributed by atoms with E-state index in [1.807, 2.05) is 0 Å². The molecule has 78 valence electrons. The molecule has 1 unspecified atom stereocenters. The maximum Gasteiger partial charge on any atom is 0.387 e. The fourth-order valence-electron chi connectivity index (χ4n) is 1.04. The maximum absolute atomic E-state index is 11.9. The molecule has 5 heteroatoms. The summed E-state index contributed by atoms with van der Waals surface area (Å²) in [5.41, 5.74) is 0.266. The fraction of sp³-hybridized carbons (Fsp3) is 0.333. The Hall–Kier alpha value is -0.870. The van der Waals surface area contributed by atoms with Gasteiger partial charge in [-0.3, -0.25) is 0 Å². The molecule has 0 aliphatic heterocycles. The van der Waals surface area contributed by atoms with Gasteiger partial charge in [0.1, 0.15) is 5.75 Å². The first-order valence-corrected chi connectivity index (χ1v) is 4.46. The van der Waals surface area contributed by atoms with Crippen molar-refractivity contribution in [1.29, 1.82) is 0 Å². The Morgan fingerprint density at radius 3 is 2.57 bits per heavy atom. The van der Waals surface area contributed by atoms with Gasteiger partial charge in [0.2, 0.25) is 0 Å². The second-order valence-corrected chi connectivity index (χ2v) is 2.90. The number of alkyl halides is 3. The van der Waals surface area contributed by atoms with E-state index in [9.17, 15) is 13.9 Å². The van der Waals surface area contributed by atoms with Crippen molar-refractivity contribution in [1.82, 2.24) is 0 Å². The SMILES string of the molecule is OC(CCl)c1ccccc1OC(F)F. The molecule has 0 heterocycles. The zero-order valence-corrected chi connectivity index (χ0v) is 7.92. The molecule has 1 aromatic carbocycles. The molecule has 0 spiro atoms. The summed E-state index contributed by atoms with van der Waals surface area (Å²) in [6, 6.07) is 6.01. The number of hydrogen-bond acceptors (Lipinski definition) is 2. The molecule has 0 aliphatic rings. The van der Waals surface area contributed by atoms with Gasteiger partial charge < -0.3 is 9.84 Å². The molecule has 2 nitrogen and oxygen atoms in total. The highest BCUT2D eigenvalue weighted by Gasteiger charge is 2.14. The Kier molecular flexibility index (Phi) is 4.10. The summed E-state index contributed by atoms with van der Waals surface area (Å²) in [4.78, 5) is 0. The van der Waals surface area contributed by atoms with Crippen molar-refractivity contribution in [3.8, 4) is 5.75 Å². The van der Waals surface area contributed by atoms with Gasteiger partial charge in [0.15, 0.2) is 0 Å². The summed E-state index contributed by atoms with van der Waals surface area (Å²) in [6.07, 6.45) is -0.994. The maximum atomic E-state index is 11.9. The van der Waals surface area contributed by atoms with Crippen molar-refractivity contribution in [2.24, 2.45) is 0 Å². The van der Waals surface area contributed by atoms with E-state index in [0.717, 1.165) is 0 Å². The molecule has 0 bridgehead atoms. The van der Waals surface area contributed by atoms with E-state index in [1.165, 1.54) is 12.1 Å². The van der Waals surface area contributed by atoms with Crippen LogP contribution in [0.4, 0.5) is 8.78 Å². The van der Waals surface area contributed by atoms with Crippen molar-refractivity contribution < 1.29 is 18.6 Å². The third kappa shape index (κ3) is 2.82. The second-order valence-electron chi connectivity index (χ2n) is 2.59. The summed E-state index contributed by atoms with van der Waals surface area (Å²) >= 11 is 5.40. The summed E-state index contributed by atoms with van der Waals surface area (Å²) in [7, 11) is 0. The van der Waals surface area contributed by atoms with Gasteiger partial charge in [0.25, 0.3) is 0 Å². The quantitative estimate of drug-likeness (QED) is 0.794. The molecule has 0 radical (unpaired) electrons. The van der Waals surface area contributed by atoms with E-state index in [-0.39, 0.29) is 17.2 Å². The van der Waals surface area contributed by atoms with E-state index >= 15 is 0 Å². The molecule has 1 rings (SSSR count). The van der Waals surface area contributed by atoms with Crippen molar-refractivity contribution in [2.45, 2.75) is 12.7 Å². The van der Waals surface area contributed by atoms with Crippen molar-refractivity contribution >= 4 is 11.6 Å². The van der Waals surface area contributed by atoms with Gasteiger partial charge in [0.05, 0.1) is 12.0 Å².